The van der Waals surface area contributed by atoms with Gasteiger partial charge in [-0.1, -0.05) is 6.58 Å². The zero-order chi connectivity index (χ0) is 38.9. The molecule has 0 radical (unpaired) electrons. The van der Waals surface area contributed by atoms with Gasteiger partial charge in [-0.3, -0.25) is 28.9 Å². The minimum atomic E-state index is -0.523. The van der Waals surface area contributed by atoms with Gasteiger partial charge in [0.2, 0.25) is 23.6 Å². The summed E-state index contributed by atoms with van der Waals surface area (Å²) in [5.41, 5.74) is 3.67. The molecule has 2 aliphatic rings. The Morgan fingerprint density at radius 3 is 2.37 bits per heavy atom. The van der Waals surface area contributed by atoms with Crippen molar-refractivity contribution in [3.05, 3.63) is 58.8 Å². The highest BCUT2D eigenvalue weighted by molar-refractivity contribution is 5.95. The number of piperidine rings is 1. The summed E-state index contributed by atoms with van der Waals surface area (Å²) in [6.45, 7) is 6.28. The lowest BCUT2D eigenvalue weighted by Crippen LogP contribution is -2.59. The number of hydrogen-bond acceptors (Lipinski definition) is 10. The molecule has 0 bridgehead atoms. The first-order valence-corrected chi connectivity index (χ1v) is 18.0. The molecule has 16 heteroatoms. The number of aryl methyl sites for hydroxylation is 2. The average Bonchev–Trinajstić information content (AvgIpc) is 3.53. The first-order valence-electron chi connectivity index (χ1n) is 18.0. The van der Waals surface area contributed by atoms with Crippen molar-refractivity contribution in [3.63, 3.8) is 0 Å². The van der Waals surface area contributed by atoms with E-state index in [0.717, 1.165) is 22.1 Å². The zero-order valence-corrected chi connectivity index (χ0v) is 31.8. The molecule has 2 saturated heterocycles. The molecule has 292 valence electrons. The number of methoxy groups -OCH3 is 2. The average molecular weight is 750 g/mol. The van der Waals surface area contributed by atoms with Crippen LogP contribution < -0.4 is 25.7 Å². The SMILES string of the molecule is C=C1CCC(N2CCN(C(=O)CCOCCOCCNC(=O)CN(C)Cc3c(OC)cc(-c4cn(C)c(=O)c5c4ccn5C)cc3OC)CC2=O)C(=O)N1. The van der Waals surface area contributed by atoms with Crippen molar-refractivity contribution in [2.75, 3.05) is 80.4 Å². The lowest BCUT2D eigenvalue weighted by atomic mass is 10.00. The Balaban J connectivity index is 0.982. The molecule has 4 heterocycles. The smallest absolute Gasteiger partial charge is 0.274 e. The van der Waals surface area contributed by atoms with Crippen LogP contribution in [0.2, 0.25) is 0 Å². The van der Waals surface area contributed by atoms with Gasteiger partial charge in [0, 0.05) is 69.3 Å². The van der Waals surface area contributed by atoms with Crippen molar-refractivity contribution in [1.82, 2.24) is 34.5 Å². The van der Waals surface area contributed by atoms with Gasteiger partial charge in [-0.15, -0.1) is 0 Å². The number of fused-ring (bicyclic) bond motifs is 1. The number of ether oxygens (including phenoxy) is 4. The van der Waals surface area contributed by atoms with Crippen molar-refractivity contribution < 1.29 is 38.1 Å². The monoisotopic (exact) mass is 749 g/mol. The fourth-order valence-corrected chi connectivity index (χ4v) is 6.84. The third kappa shape index (κ3) is 9.48. The molecule has 0 spiro atoms. The van der Waals surface area contributed by atoms with E-state index in [9.17, 15) is 24.0 Å². The summed E-state index contributed by atoms with van der Waals surface area (Å²) in [6.07, 6.45) is 4.97. The highest BCUT2D eigenvalue weighted by Gasteiger charge is 2.36. The standard InChI is InChI=1S/C38H51N7O9/c1-25-7-8-30(37(49)40-25)45-14-13-44(24-35(45)48)34(47)10-15-53-17-18-54-16-11-39-33(46)23-41(2)21-29-31(51-5)19-26(20-32(29)52-6)28-22-43(4)38(50)36-27(28)9-12-42(36)3/h9,12,19-20,22,30H,1,7-8,10-11,13-18,21,23-24H2,2-6H3,(H,39,46)(H,40,49). The summed E-state index contributed by atoms with van der Waals surface area (Å²) in [4.78, 5) is 68.0. The fraction of sp³-hybridized carbons (Fsp3) is 0.500. The van der Waals surface area contributed by atoms with Gasteiger partial charge < -0.3 is 48.5 Å². The Morgan fingerprint density at radius 2 is 1.70 bits per heavy atom. The molecule has 0 aliphatic carbocycles. The van der Waals surface area contributed by atoms with E-state index >= 15 is 0 Å². The van der Waals surface area contributed by atoms with E-state index < -0.39 is 6.04 Å². The lowest BCUT2D eigenvalue weighted by Gasteiger charge is -2.40. The minimum Gasteiger partial charge on any atom is -0.496 e. The summed E-state index contributed by atoms with van der Waals surface area (Å²) in [7, 11) is 8.58. The molecule has 1 aromatic carbocycles. The van der Waals surface area contributed by atoms with Crippen LogP contribution in [0.1, 0.15) is 24.8 Å². The first kappa shape index (κ1) is 40.0. The van der Waals surface area contributed by atoms with Crippen LogP contribution in [0.5, 0.6) is 11.5 Å². The third-order valence-corrected chi connectivity index (χ3v) is 9.68. The van der Waals surface area contributed by atoms with Crippen molar-refractivity contribution in [2.45, 2.75) is 31.8 Å². The molecule has 2 N–H and O–H groups in total. The van der Waals surface area contributed by atoms with Gasteiger partial charge in [0.15, 0.2) is 0 Å². The van der Waals surface area contributed by atoms with Gasteiger partial charge in [0.05, 0.1) is 65.7 Å². The minimum absolute atomic E-state index is 0.0545. The summed E-state index contributed by atoms with van der Waals surface area (Å²) in [6, 6.07) is 5.23. The van der Waals surface area contributed by atoms with Crippen LogP contribution in [0.3, 0.4) is 0 Å². The molecule has 16 nitrogen and oxygen atoms in total. The number of amides is 4. The summed E-state index contributed by atoms with van der Waals surface area (Å²) < 4.78 is 26.0. The topological polar surface area (TPSA) is 166 Å². The highest BCUT2D eigenvalue weighted by Crippen LogP contribution is 2.38. The second-order valence-electron chi connectivity index (χ2n) is 13.6. The molecule has 5 rings (SSSR count). The van der Waals surface area contributed by atoms with Gasteiger partial charge in [0.25, 0.3) is 5.56 Å². The predicted molar refractivity (Wildman–Crippen MR) is 201 cm³/mol. The maximum Gasteiger partial charge on any atom is 0.274 e. The number of allylic oxidation sites excluding steroid dienone is 1. The first-order chi connectivity index (χ1) is 25.9. The molecule has 1 atom stereocenters. The predicted octanol–water partition coefficient (Wildman–Crippen LogP) is 0.996. The van der Waals surface area contributed by atoms with Gasteiger partial charge in [-0.05, 0) is 43.7 Å². The van der Waals surface area contributed by atoms with E-state index in [1.54, 1.807) is 30.7 Å². The Labute approximate surface area is 314 Å². The number of aromatic nitrogens is 2. The molecular weight excluding hydrogens is 698 g/mol. The quantitative estimate of drug-likeness (QED) is 0.190. The van der Waals surface area contributed by atoms with Gasteiger partial charge in [-0.25, -0.2) is 0 Å². The summed E-state index contributed by atoms with van der Waals surface area (Å²) in [5, 5.41) is 6.39. The Kier molecular flexibility index (Phi) is 13.5. The Bertz CT molecular complexity index is 1910. The van der Waals surface area contributed by atoms with Gasteiger partial charge in [0.1, 0.15) is 23.1 Å². The Morgan fingerprint density at radius 1 is 1.00 bits per heavy atom. The molecule has 0 saturated carbocycles. The lowest BCUT2D eigenvalue weighted by molar-refractivity contribution is -0.151. The number of rotatable bonds is 17. The van der Waals surface area contributed by atoms with Crippen LogP contribution in [-0.2, 0) is 49.3 Å². The van der Waals surface area contributed by atoms with E-state index in [2.05, 4.69) is 17.2 Å². The number of likely N-dealkylation sites (N-methyl/N-ethyl adjacent to an activating group) is 1. The second-order valence-corrected chi connectivity index (χ2v) is 13.6. The number of hydrogen-bond donors (Lipinski definition) is 2. The maximum absolute atomic E-state index is 12.8. The number of piperazine rings is 1. The van der Waals surface area contributed by atoms with E-state index in [0.29, 0.717) is 74.9 Å². The highest BCUT2D eigenvalue weighted by atomic mass is 16.5. The van der Waals surface area contributed by atoms with Gasteiger partial charge in [-0.2, -0.15) is 0 Å². The Hall–Kier alpha value is -5.19. The number of nitrogens with one attached hydrogen (secondary N) is 2. The molecular formula is C38H51N7O9. The fourth-order valence-electron chi connectivity index (χ4n) is 6.84. The van der Waals surface area contributed by atoms with E-state index in [1.165, 1.54) is 4.90 Å². The summed E-state index contributed by atoms with van der Waals surface area (Å²) >= 11 is 0. The third-order valence-electron chi connectivity index (χ3n) is 9.68. The van der Waals surface area contributed by atoms with Crippen LogP contribution in [0.15, 0.2) is 47.7 Å². The molecule has 2 aliphatic heterocycles. The van der Waals surface area contributed by atoms with Crippen LogP contribution in [0, 0.1) is 0 Å². The molecule has 2 aromatic heterocycles. The van der Waals surface area contributed by atoms with Crippen molar-refractivity contribution >= 4 is 34.5 Å². The largest absolute Gasteiger partial charge is 0.496 e. The zero-order valence-electron chi connectivity index (χ0n) is 31.8. The van der Waals surface area contributed by atoms with E-state index in [1.807, 2.05) is 54.2 Å². The number of nitrogens with zero attached hydrogens (tertiary/aromatic N) is 5. The normalized spacial score (nSPS) is 16.3. The second kappa shape index (κ2) is 18.2. The van der Waals surface area contributed by atoms with Crippen LogP contribution in [0.4, 0.5) is 0 Å². The van der Waals surface area contributed by atoms with Crippen LogP contribution in [-0.4, -0.2) is 134 Å². The number of carbonyl (C=O) groups is 4. The van der Waals surface area contributed by atoms with E-state index in [-0.39, 0.29) is 61.9 Å². The molecule has 1 unspecified atom stereocenters. The molecule has 4 amide bonds. The summed E-state index contributed by atoms with van der Waals surface area (Å²) in [5.74, 6) is 0.381. The van der Waals surface area contributed by atoms with Crippen molar-refractivity contribution in [2.24, 2.45) is 14.1 Å². The molecule has 54 heavy (non-hydrogen) atoms. The molecule has 2 fully saturated rings. The maximum atomic E-state index is 12.8. The van der Waals surface area contributed by atoms with Gasteiger partial charge >= 0.3 is 0 Å². The van der Waals surface area contributed by atoms with Crippen molar-refractivity contribution in [1.29, 1.82) is 0 Å². The van der Waals surface area contributed by atoms with Crippen LogP contribution in [0.25, 0.3) is 22.0 Å². The number of benzene rings is 1. The van der Waals surface area contributed by atoms with Crippen LogP contribution >= 0.6 is 0 Å². The molecule has 3 aromatic rings. The van der Waals surface area contributed by atoms with Crippen molar-refractivity contribution in [3.8, 4) is 22.6 Å². The van der Waals surface area contributed by atoms with E-state index in [4.69, 9.17) is 18.9 Å². The number of carbonyl (C=O) groups excluding carboxylic acids is 4. The number of pyridine rings is 1.